The van der Waals surface area contributed by atoms with Crippen molar-refractivity contribution in [3.8, 4) is 0 Å². The number of nitrogens with one attached hydrogen (secondary N) is 2. The summed E-state index contributed by atoms with van der Waals surface area (Å²) in [6, 6.07) is 0. The zero-order valence-electron chi connectivity index (χ0n) is 8.97. The predicted molar refractivity (Wildman–Crippen MR) is 59.6 cm³/mol. The summed E-state index contributed by atoms with van der Waals surface area (Å²) < 4.78 is 0. The highest BCUT2D eigenvalue weighted by molar-refractivity contribution is 6.59. The van der Waals surface area contributed by atoms with Gasteiger partial charge in [-0.05, 0) is 5.04 Å². The average molecular weight is 212 g/mol. The third-order valence-corrected chi connectivity index (χ3v) is 6.15. The van der Waals surface area contributed by atoms with Gasteiger partial charge in [0.2, 0.25) is 0 Å². The molecule has 4 nitrogen and oxygen atoms in total. The van der Waals surface area contributed by atoms with Gasteiger partial charge in [0.1, 0.15) is 0 Å². The normalized spacial score (nSPS) is 12.1. The van der Waals surface area contributed by atoms with Crippen molar-refractivity contribution < 1.29 is 0 Å². The number of H-pyrrole nitrogens is 2. The van der Waals surface area contributed by atoms with E-state index in [1.807, 2.05) is 13.8 Å². The fraction of sp³-hybridized carbons (Fsp3) is 0.556. The number of hydrogen-bond donors (Lipinski definition) is 2. The number of hydrogen-bond acceptors (Lipinski definition) is 2. The van der Waals surface area contributed by atoms with Gasteiger partial charge in [-0.1, -0.05) is 26.9 Å². The molecule has 0 fully saturated rings. The van der Waals surface area contributed by atoms with Crippen molar-refractivity contribution in [3.63, 3.8) is 0 Å². The summed E-state index contributed by atoms with van der Waals surface area (Å²) in [4.78, 5) is 27.1. The molecular formula is C9H16N2O2Si. The molecule has 14 heavy (non-hydrogen) atoms. The Labute approximate surface area is 84.0 Å². The Morgan fingerprint density at radius 1 is 1.29 bits per heavy atom. The molecule has 0 atom stereocenters. The monoisotopic (exact) mass is 212 g/mol. The Morgan fingerprint density at radius 2 is 1.86 bits per heavy atom. The van der Waals surface area contributed by atoms with Gasteiger partial charge in [0, 0.05) is 20.6 Å². The van der Waals surface area contributed by atoms with Crippen LogP contribution in [-0.4, -0.2) is 18.8 Å². The molecule has 78 valence electrons. The van der Waals surface area contributed by atoms with E-state index in [2.05, 4.69) is 23.1 Å². The maximum atomic E-state index is 11.5. The van der Waals surface area contributed by atoms with Crippen LogP contribution in [0, 0.1) is 0 Å². The van der Waals surface area contributed by atoms with E-state index < -0.39 is 14.5 Å². The SMILES string of the molecule is C[SiH](C)C(C)(C)c1c[nH]c(=O)[nH]c1=O. The highest BCUT2D eigenvalue weighted by atomic mass is 28.3. The summed E-state index contributed by atoms with van der Waals surface area (Å²) in [5, 5.41) is -0.0994. The summed E-state index contributed by atoms with van der Waals surface area (Å²) in [7, 11) is -0.992. The standard InChI is InChI=1S/C9H16N2O2Si/c1-9(2,14(3)4)6-5-10-8(13)11-7(6)12/h5,14H,1-4H3,(H2,10,11,12,13). The van der Waals surface area contributed by atoms with E-state index in [0.29, 0.717) is 5.56 Å². The Bertz CT molecular complexity index is 431. The van der Waals surface area contributed by atoms with Crippen LogP contribution >= 0.6 is 0 Å². The zero-order valence-corrected chi connectivity index (χ0v) is 10.1. The molecule has 0 bridgehead atoms. The Hall–Kier alpha value is -1.10. The van der Waals surface area contributed by atoms with Gasteiger partial charge in [0.05, 0.1) is 0 Å². The molecule has 1 aromatic heterocycles. The van der Waals surface area contributed by atoms with Gasteiger partial charge in [0.15, 0.2) is 0 Å². The first kappa shape index (κ1) is 11.0. The van der Waals surface area contributed by atoms with Crippen molar-refractivity contribution in [2.75, 3.05) is 0 Å². The second-order valence-electron chi connectivity index (χ2n) is 4.36. The summed E-state index contributed by atoms with van der Waals surface area (Å²) in [6.45, 7) is 8.47. The number of aromatic amines is 2. The molecule has 0 aliphatic carbocycles. The van der Waals surface area contributed by atoms with Crippen LogP contribution in [0.1, 0.15) is 19.4 Å². The van der Waals surface area contributed by atoms with Crippen molar-refractivity contribution in [2.24, 2.45) is 0 Å². The van der Waals surface area contributed by atoms with Gasteiger partial charge in [-0.25, -0.2) is 4.79 Å². The van der Waals surface area contributed by atoms with Crippen LogP contribution in [0.5, 0.6) is 0 Å². The van der Waals surface area contributed by atoms with Crippen LogP contribution in [0.4, 0.5) is 0 Å². The number of rotatable bonds is 2. The van der Waals surface area contributed by atoms with E-state index in [9.17, 15) is 9.59 Å². The molecule has 1 heterocycles. The fourth-order valence-corrected chi connectivity index (χ4v) is 2.04. The maximum Gasteiger partial charge on any atom is 0.325 e. The molecule has 0 spiro atoms. The van der Waals surface area contributed by atoms with E-state index in [1.54, 1.807) is 0 Å². The van der Waals surface area contributed by atoms with Crippen LogP contribution in [0.15, 0.2) is 15.8 Å². The van der Waals surface area contributed by atoms with Crippen molar-refractivity contribution in [1.82, 2.24) is 9.97 Å². The van der Waals surface area contributed by atoms with E-state index in [4.69, 9.17) is 0 Å². The highest BCUT2D eigenvalue weighted by Crippen LogP contribution is 2.21. The van der Waals surface area contributed by atoms with Gasteiger partial charge >= 0.3 is 5.69 Å². The predicted octanol–water partition coefficient (Wildman–Crippen LogP) is 0.367. The lowest BCUT2D eigenvalue weighted by molar-refractivity contribution is 0.712. The van der Waals surface area contributed by atoms with Crippen LogP contribution < -0.4 is 11.2 Å². The molecule has 0 aliphatic heterocycles. The lowest BCUT2D eigenvalue weighted by atomic mass is 10.1. The molecule has 0 radical (unpaired) electrons. The molecule has 0 amide bonds. The molecule has 1 rings (SSSR count). The minimum Gasteiger partial charge on any atom is -0.314 e. The quantitative estimate of drug-likeness (QED) is 0.695. The molecule has 1 aromatic rings. The smallest absolute Gasteiger partial charge is 0.314 e. The minimum absolute atomic E-state index is 0.0994. The third-order valence-electron chi connectivity index (χ3n) is 2.96. The summed E-state index contributed by atoms with van der Waals surface area (Å²) in [6.07, 6.45) is 1.54. The molecular weight excluding hydrogens is 196 g/mol. The second-order valence-corrected chi connectivity index (χ2v) is 8.11. The number of aromatic nitrogens is 2. The van der Waals surface area contributed by atoms with E-state index >= 15 is 0 Å². The van der Waals surface area contributed by atoms with E-state index in [0.717, 1.165) is 0 Å². The first-order valence-corrected chi connectivity index (χ1v) is 7.57. The van der Waals surface area contributed by atoms with Gasteiger partial charge in [-0.3, -0.25) is 9.78 Å². The topological polar surface area (TPSA) is 65.7 Å². The van der Waals surface area contributed by atoms with Crippen molar-refractivity contribution in [1.29, 1.82) is 0 Å². The average Bonchev–Trinajstić information content (AvgIpc) is 2.02. The largest absolute Gasteiger partial charge is 0.325 e. The third kappa shape index (κ3) is 1.87. The summed E-state index contributed by atoms with van der Waals surface area (Å²) in [5.41, 5.74) is -0.0290. The van der Waals surface area contributed by atoms with Crippen molar-refractivity contribution in [2.45, 2.75) is 32.0 Å². The lowest BCUT2D eigenvalue weighted by Gasteiger charge is -2.27. The van der Waals surface area contributed by atoms with Crippen molar-refractivity contribution in [3.05, 3.63) is 32.6 Å². The highest BCUT2D eigenvalue weighted by Gasteiger charge is 2.28. The van der Waals surface area contributed by atoms with Crippen LogP contribution in [0.25, 0.3) is 0 Å². The molecule has 0 unspecified atom stereocenters. The summed E-state index contributed by atoms with van der Waals surface area (Å²) >= 11 is 0. The lowest BCUT2D eigenvalue weighted by Crippen LogP contribution is -2.40. The van der Waals surface area contributed by atoms with Gasteiger partial charge < -0.3 is 4.98 Å². The fourth-order valence-electron chi connectivity index (χ4n) is 1.20. The first-order chi connectivity index (χ1) is 6.35. The maximum absolute atomic E-state index is 11.5. The van der Waals surface area contributed by atoms with Gasteiger partial charge in [0.25, 0.3) is 5.56 Å². The zero-order chi connectivity index (χ0) is 10.9. The molecule has 0 aromatic carbocycles. The summed E-state index contributed by atoms with van der Waals surface area (Å²) in [5.74, 6) is 0. The van der Waals surface area contributed by atoms with E-state index in [1.165, 1.54) is 6.20 Å². The van der Waals surface area contributed by atoms with Crippen molar-refractivity contribution >= 4 is 8.80 Å². The Balaban J connectivity index is 3.34. The van der Waals surface area contributed by atoms with E-state index in [-0.39, 0.29) is 10.6 Å². The second kappa shape index (κ2) is 3.57. The van der Waals surface area contributed by atoms with Crippen LogP contribution in [0.3, 0.4) is 0 Å². The molecule has 0 saturated heterocycles. The molecule has 0 aliphatic rings. The van der Waals surface area contributed by atoms with Gasteiger partial charge in [-0.2, -0.15) is 0 Å². The first-order valence-electron chi connectivity index (χ1n) is 4.68. The van der Waals surface area contributed by atoms with Crippen LogP contribution in [-0.2, 0) is 5.04 Å². The Morgan fingerprint density at radius 3 is 2.29 bits per heavy atom. The minimum atomic E-state index is -0.992. The molecule has 2 N–H and O–H groups in total. The van der Waals surface area contributed by atoms with Crippen LogP contribution in [0.2, 0.25) is 13.1 Å². The molecule has 0 saturated carbocycles. The molecule has 5 heteroatoms. The van der Waals surface area contributed by atoms with Gasteiger partial charge in [-0.15, -0.1) is 0 Å². The Kier molecular flexibility index (Phi) is 2.80.